The standard InChI is InChI=1S/C10H16N2O2S/c1-7(2)9-5-4-8(3)10(6-9)15(13,14)12-11/h4-7,12H,11H2,1-3H3. The Morgan fingerprint density at radius 2 is 1.93 bits per heavy atom. The van der Waals surface area contributed by atoms with Crippen molar-refractivity contribution in [3.63, 3.8) is 0 Å². The quantitative estimate of drug-likeness (QED) is 0.604. The third kappa shape index (κ3) is 2.56. The molecule has 15 heavy (non-hydrogen) atoms. The summed E-state index contributed by atoms with van der Waals surface area (Å²) in [6.45, 7) is 5.77. The second kappa shape index (κ2) is 4.30. The predicted octanol–water partition coefficient (Wildman–Crippen LogP) is 1.27. The van der Waals surface area contributed by atoms with Crippen molar-refractivity contribution in [2.75, 3.05) is 0 Å². The van der Waals surface area contributed by atoms with Gasteiger partial charge in [-0.05, 0) is 30.0 Å². The van der Waals surface area contributed by atoms with Crippen molar-refractivity contribution < 1.29 is 8.42 Å². The van der Waals surface area contributed by atoms with Crippen molar-refractivity contribution in [2.24, 2.45) is 5.84 Å². The van der Waals surface area contributed by atoms with E-state index in [-0.39, 0.29) is 10.8 Å². The number of aryl methyl sites for hydroxylation is 1. The highest BCUT2D eigenvalue weighted by molar-refractivity contribution is 7.89. The molecular formula is C10H16N2O2S. The first-order valence-corrected chi connectivity index (χ1v) is 6.19. The third-order valence-electron chi connectivity index (χ3n) is 2.32. The fourth-order valence-corrected chi connectivity index (χ4v) is 2.24. The van der Waals surface area contributed by atoms with Gasteiger partial charge in [-0.1, -0.05) is 26.0 Å². The van der Waals surface area contributed by atoms with E-state index in [1.807, 2.05) is 24.7 Å². The van der Waals surface area contributed by atoms with Crippen molar-refractivity contribution in [2.45, 2.75) is 31.6 Å². The number of rotatable bonds is 3. The Bertz CT molecular complexity index is 452. The maximum absolute atomic E-state index is 11.6. The molecule has 1 aromatic rings. The van der Waals surface area contributed by atoms with Crippen LogP contribution >= 0.6 is 0 Å². The van der Waals surface area contributed by atoms with E-state index in [1.165, 1.54) is 0 Å². The molecule has 5 heteroatoms. The predicted molar refractivity (Wildman–Crippen MR) is 59.8 cm³/mol. The molecule has 1 rings (SSSR count). The molecular weight excluding hydrogens is 212 g/mol. The van der Waals surface area contributed by atoms with Crippen LogP contribution in [-0.4, -0.2) is 8.42 Å². The molecule has 84 valence electrons. The lowest BCUT2D eigenvalue weighted by atomic mass is 10.0. The Kier molecular flexibility index (Phi) is 3.49. The Morgan fingerprint density at radius 3 is 2.40 bits per heavy atom. The van der Waals surface area contributed by atoms with E-state index in [4.69, 9.17) is 5.84 Å². The average molecular weight is 228 g/mol. The Labute approximate surface area is 90.5 Å². The highest BCUT2D eigenvalue weighted by Crippen LogP contribution is 2.21. The van der Waals surface area contributed by atoms with Crippen molar-refractivity contribution in [1.29, 1.82) is 0 Å². The summed E-state index contributed by atoms with van der Waals surface area (Å²) in [5.74, 6) is 5.28. The lowest BCUT2D eigenvalue weighted by molar-refractivity contribution is 0.583. The summed E-state index contributed by atoms with van der Waals surface area (Å²) in [4.78, 5) is 2.08. The van der Waals surface area contributed by atoms with Crippen LogP contribution in [0.4, 0.5) is 0 Å². The summed E-state index contributed by atoms with van der Waals surface area (Å²) in [5, 5.41) is 0. The van der Waals surface area contributed by atoms with Gasteiger partial charge in [0.1, 0.15) is 0 Å². The maximum atomic E-state index is 11.6. The topological polar surface area (TPSA) is 72.2 Å². The monoisotopic (exact) mass is 228 g/mol. The second-order valence-corrected chi connectivity index (χ2v) is 5.48. The second-order valence-electron chi connectivity index (χ2n) is 3.80. The lowest BCUT2D eigenvalue weighted by Crippen LogP contribution is -2.30. The number of benzene rings is 1. The molecule has 0 aliphatic heterocycles. The van der Waals surface area contributed by atoms with Crippen LogP contribution in [0.3, 0.4) is 0 Å². The first-order chi connectivity index (χ1) is 6.88. The summed E-state index contributed by atoms with van der Waals surface area (Å²) in [7, 11) is -3.56. The molecule has 0 saturated heterocycles. The Hall–Kier alpha value is -0.910. The molecule has 0 radical (unpaired) electrons. The third-order valence-corrected chi connectivity index (χ3v) is 3.65. The minimum absolute atomic E-state index is 0.246. The van der Waals surface area contributed by atoms with Gasteiger partial charge in [0.25, 0.3) is 10.0 Å². The molecule has 0 bridgehead atoms. The molecule has 0 aromatic heterocycles. The molecule has 1 aromatic carbocycles. The van der Waals surface area contributed by atoms with Crippen LogP contribution in [0, 0.1) is 6.92 Å². The zero-order valence-corrected chi connectivity index (χ0v) is 9.93. The summed E-state index contributed by atoms with van der Waals surface area (Å²) in [5.41, 5.74) is 1.67. The van der Waals surface area contributed by atoms with Crippen molar-refractivity contribution in [3.8, 4) is 0 Å². The van der Waals surface area contributed by atoms with Crippen LogP contribution < -0.4 is 10.7 Å². The van der Waals surface area contributed by atoms with E-state index in [9.17, 15) is 8.42 Å². The van der Waals surface area contributed by atoms with Crippen molar-refractivity contribution in [3.05, 3.63) is 29.3 Å². The smallest absolute Gasteiger partial charge is 0.253 e. The number of nitrogens with one attached hydrogen (secondary N) is 1. The van der Waals surface area contributed by atoms with E-state index in [1.54, 1.807) is 19.1 Å². The summed E-state index contributed by atoms with van der Waals surface area (Å²) >= 11 is 0. The summed E-state index contributed by atoms with van der Waals surface area (Å²) in [6, 6.07) is 5.38. The highest BCUT2D eigenvalue weighted by Gasteiger charge is 2.15. The Morgan fingerprint density at radius 1 is 1.33 bits per heavy atom. The summed E-state index contributed by atoms with van der Waals surface area (Å²) in [6.07, 6.45) is 0. The molecule has 0 aliphatic carbocycles. The van der Waals surface area contributed by atoms with Crippen LogP contribution in [0.15, 0.2) is 23.1 Å². The van der Waals surface area contributed by atoms with Gasteiger partial charge >= 0.3 is 0 Å². The van der Waals surface area contributed by atoms with Gasteiger partial charge < -0.3 is 0 Å². The van der Waals surface area contributed by atoms with Crippen LogP contribution in [0.5, 0.6) is 0 Å². The molecule has 0 saturated carbocycles. The number of hydrogen-bond acceptors (Lipinski definition) is 3. The van der Waals surface area contributed by atoms with Crippen molar-refractivity contribution in [1.82, 2.24) is 4.83 Å². The molecule has 0 aliphatic rings. The van der Waals surface area contributed by atoms with Crippen molar-refractivity contribution >= 4 is 10.0 Å². The van der Waals surface area contributed by atoms with Crippen LogP contribution in [0.1, 0.15) is 30.9 Å². The molecule has 0 atom stereocenters. The number of sulfonamides is 1. The first-order valence-electron chi connectivity index (χ1n) is 4.71. The SMILES string of the molecule is Cc1ccc(C(C)C)cc1S(=O)(=O)NN. The van der Waals surface area contributed by atoms with E-state index in [2.05, 4.69) is 0 Å². The molecule has 0 amide bonds. The zero-order chi connectivity index (χ0) is 11.6. The van der Waals surface area contributed by atoms with E-state index >= 15 is 0 Å². The molecule has 3 N–H and O–H groups in total. The van der Waals surface area contributed by atoms with Gasteiger partial charge in [0.05, 0.1) is 4.90 Å². The van der Waals surface area contributed by atoms with Gasteiger partial charge in [0.2, 0.25) is 0 Å². The van der Waals surface area contributed by atoms with Gasteiger partial charge in [-0.3, -0.25) is 5.84 Å². The van der Waals surface area contributed by atoms with Gasteiger partial charge in [0, 0.05) is 0 Å². The minimum Gasteiger partial charge on any atom is -0.257 e. The minimum atomic E-state index is -3.56. The van der Waals surface area contributed by atoms with Gasteiger partial charge in [0.15, 0.2) is 0 Å². The van der Waals surface area contributed by atoms with Crippen LogP contribution in [-0.2, 0) is 10.0 Å². The van der Waals surface area contributed by atoms with Gasteiger partial charge in [-0.15, -0.1) is 0 Å². The zero-order valence-electron chi connectivity index (χ0n) is 9.11. The number of nitrogens with two attached hydrogens (primary N) is 1. The summed E-state index contributed by atoms with van der Waals surface area (Å²) < 4.78 is 23.1. The first kappa shape index (κ1) is 12.2. The van der Waals surface area contributed by atoms with E-state index < -0.39 is 10.0 Å². The maximum Gasteiger partial charge on any atom is 0.253 e. The van der Waals surface area contributed by atoms with E-state index in [0.717, 1.165) is 5.56 Å². The molecule has 0 spiro atoms. The van der Waals surface area contributed by atoms with Crippen LogP contribution in [0.2, 0.25) is 0 Å². The van der Waals surface area contributed by atoms with E-state index in [0.29, 0.717) is 5.56 Å². The average Bonchev–Trinajstić information content (AvgIpc) is 2.17. The van der Waals surface area contributed by atoms with Gasteiger partial charge in [-0.2, -0.15) is 4.83 Å². The fourth-order valence-electron chi connectivity index (χ4n) is 1.33. The largest absolute Gasteiger partial charge is 0.257 e. The highest BCUT2D eigenvalue weighted by atomic mass is 32.2. The van der Waals surface area contributed by atoms with Gasteiger partial charge in [-0.25, -0.2) is 8.42 Å². The molecule has 0 unspecified atom stereocenters. The number of hydrazine groups is 1. The fraction of sp³-hybridized carbons (Fsp3) is 0.400. The molecule has 0 heterocycles. The van der Waals surface area contributed by atoms with Crippen LogP contribution in [0.25, 0.3) is 0 Å². The Balaban J connectivity index is 3.35. The number of hydrogen-bond donors (Lipinski definition) is 2. The molecule has 0 fully saturated rings. The molecule has 4 nitrogen and oxygen atoms in total. The normalized spacial score (nSPS) is 12.1. The lowest BCUT2D eigenvalue weighted by Gasteiger charge is -2.10.